The lowest BCUT2D eigenvalue weighted by atomic mass is 9.94. The first kappa shape index (κ1) is 14.2. The zero-order valence-electron chi connectivity index (χ0n) is 11.8. The van der Waals surface area contributed by atoms with Gasteiger partial charge in [0.1, 0.15) is 0 Å². The van der Waals surface area contributed by atoms with E-state index in [9.17, 15) is 5.11 Å². The molecule has 0 aliphatic carbocycles. The molecule has 0 aliphatic rings. The molecule has 102 valence electrons. The molecule has 0 saturated carbocycles. The van der Waals surface area contributed by atoms with Crippen molar-refractivity contribution in [1.82, 2.24) is 4.98 Å². The normalized spacial score (nSPS) is 14.3. The number of hydrogen-bond donors (Lipinski definition) is 1. The van der Waals surface area contributed by atoms with E-state index in [0.29, 0.717) is 12.3 Å². The van der Waals surface area contributed by atoms with Crippen LogP contribution in [-0.2, 0) is 6.42 Å². The molecule has 0 amide bonds. The van der Waals surface area contributed by atoms with E-state index in [0.717, 1.165) is 17.1 Å². The Hall–Kier alpha value is -1.19. The maximum atomic E-state index is 10.2. The molecule has 2 atom stereocenters. The first-order valence-corrected chi connectivity index (χ1v) is 7.54. The van der Waals surface area contributed by atoms with Crippen LogP contribution in [0.5, 0.6) is 0 Å². The molecule has 0 fully saturated rings. The molecular weight excluding hydrogens is 254 g/mol. The fourth-order valence-electron chi connectivity index (χ4n) is 2.24. The van der Waals surface area contributed by atoms with Gasteiger partial charge in [-0.05, 0) is 31.7 Å². The Bertz CT molecular complexity index is 501. The molecule has 1 heterocycles. The minimum atomic E-state index is -0.319. The van der Waals surface area contributed by atoms with Crippen molar-refractivity contribution in [3.05, 3.63) is 51.5 Å². The van der Waals surface area contributed by atoms with E-state index in [-0.39, 0.29) is 6.10 Å². The number of thiazole rings is 1. The third-order valence-corrected chi connectivity index (χ3v) is 4.57. The van der Waals surface area contributed by atoms with Crippen LogP contribution < -0.4 is 0 Å². The van der Waals surface area contributed by atoms with Crippen molar-refractivity contribution in [3.63, 3.8) is 0 Å². The molecule has 3 heteroatoms. The number of benzene rings is 1. The second-order valence-electron chi connectivity index (χ2n) is 5.15. The molecular formula is C16H21NOS. The molecule has 0 radical (unpaired) electrons. The lowest BCUT2D eigenvalue weighted by Crippen LogP contribution is -2.13. The van der Waals surface area contributed by atoms with Crippen LogP contribution >= 0.6 is 11.3 Å². The molecule has 1 aromatic heterocycles. The van der Waals surface area contributed by atoms with Crippen LogP contribution in [0.2, 0.25) is 0 Å². The number of aromatic nitrogens is 1. The van der Waals surface area contributed by atoms with Crippen molar-refractivity contribution >= 4 is 11.3 Å². The second-order valence-corrected chi connectivity index (χ2v) is 6.44. The smallest absolute Gasteiger partial charge is 0.0956 e. The highest BCUT2D eigenvalue weighted by Gasteiger charge is 2.14. The molecule has 2 aromatic rings. The maximum Gasteiger partial charge on any atom is 0.0956 e. The Balaban J connectivity index is 1.92. The number of nitrogens with zero attached hydrogens (tertiary/aromatic N) is 1. The zero-order chi connectivity index (χ0) is 13.8. The van der Waals surface area contributed by atoms with Gasteiger partial charge in [0.15, 0.2) is 0 Å². The molecule has 0 saturated heterocycles. The largest absolute Gasteiger partial charge is 0.393 e. The topological polar surface area (TPSA) is 33.1 Å². The van der Waals surface area contributed by atoms with Gasteiger partial charge >= 0.3 is 0 Å². The van der Waals surface area contributed by atoms with E-state index in [1.807, 2.05) is 25.1 Å². The van der Waals surface area contributed by atoms with E-state index < -0.39 is 0 Å². The number of rotatable bonds is 5. The first-order chi connectivity index (χ1) is 9.06. The monoisotopic (exact) mass is 275 g/mol. The van der Waals surface area contributed by atoms with Crippen molar-refractivity contribution in [2.24, 2.45) is 0 Å². The summed E-state index contributed by atoms with van der Waals surface area (Å²) in [5.74, 6) is 0.373. The highest BCUT2D eigenvalue weighted by atomic mass is 32.1. The molecule has 2 rings (SSSR count). The fourth-order valence-corrected chi connectivity index (χ4v) is 3.24. The van der Waals surface area contributed by atoms with Crippen molar-refractivity contribution in [3.8, 4) is 0 Å². The van der Waals surface area contributed by atoms with Crippen molar-refractivity contribution in [2.45, 2.75) is 45.6 Å². The summed E-state index contributed by atoms with van der Waals surface area (Å²) in [5, 5.41) is 11.2. The van der Waals surface area contributed by atoms with Crippen molar-refractivity contribution in [1.29, 1.82) is 0 Å². The summed E-state index contributed by atoms with van der Waals surface area (Å²) < 4.78 is 0. The highest BCUT2D eigenvalue weighted by Crippen LogP contribution is 2.23. The molecule has 19 heavy (non-hydrogen) atoms. The molecule has 2 unspecified atom stereocenters. The minimum Gasteiger partial charge on any atom is -0.393 e. The van der Waals surface area contributed by atoms with Gasteiger partial charge in [-0.15, -0.1) is 11.3 Å². The average molecular weight is 275 g/mol. The first-order valence-electron chi connectivity index (χ1n) is 6.72. The Morgan fingerprint density at radius 2 is 1.89 bits per heavy atom. The van der Waals surface area contributed by atoms with Gasteiger partial charge in [-0.3, -0.25) is 0 Å². The van der Waals surface area contributed by atoms with E-state index >= 15 is 0 Å². The molecule has 0 bridgehead atoms. The van der Waals surface area contributed by atoms with Crippen LogP contribution in [0.25, 0.3) is 0 Å². The lowest BCUT2D eigenvalue weighted by molar-refractivity contribution is 0.157. The van der Waals surface area contributed by atoms with Gasteiger partial charge in [-0.1, -0.05) is 37.3 Å². The lowest BCUT2D eigenvalue weighted by Gasteiger charge is -2.15. The van der Waals surface area contributed by atoms with Crippen LogP contribution in [-0.4, -0.2) is 16.2 Å². The van der Waals surface area contributed by atoms with E-state index in [1.54, 1.807) is 11.3 Å². The van der Waals surface area contributed by atoms with Crippen LogP contribution in [0, 0.1) is 13.8 Å². The minimum absolute atomic E-state index is 0.319. The third-order valence-electron chi connectivity index (χ3n) is 3.48. The van der Waals surface area contributed by atoms with E-state index in [4.69, 9.17) is 0 Å². The van der Waals surface area contributed by atoms with Crippen LogP contribution in [0.4, 0.5) is 0 Å². The van der Waals surface area contributed by atoms with E-state index in [1.165, 1.54) is 10.4 Å². The van der Waals surface area contributed by atoms with Crippen LogP contribution in [0.15, 0.2) is 30.3 Å². The second kappa shape index (κ2) is 6.31. The van der Waals surface area contributed by atoms with E-state index in [2.05, 4.69) is 31.0 Å². The Kier molecular flexibility index (Phi) is 4.72. The Labute approximate surface area is 119 Å². The summed E-state index contributed by atoms with van der Waals surface area (Å²) in [4.78, 5) is 5.74. The average Bonchev–Trinajstić information content (AvgIpc) is 2.69. The van der Waals surface area contributed by atoms with Gasteiger partial charge in [-0.2, -0.15) is 0 Å². The predicted octanol–water partition coefficient (Wildman–Crippen LogP) is 3.86. The van der Waals surface area contributed by atoms with Gasteiger partial charge in [0.25, 0.3) is 0 Å². The van der Waals surface area contributed by atoms with Gasteiger partial charge in [0.05, 0.1) is 16.8 Å². The summed E-state index contributed by atoms with van der Waals surface area (Å²) in [5.41, 5.74) is 2.37. The summed E-state index contributed by atoms with van der Waals surface area (Å²) in [7, 11) is 0. The molecule has 1 N–H and O–H groups in total. The zero-order valence-corrected chi connectivity index (χ0v) is 12.6. The molecule has 2 nitrogen and oxygen atoms in total. The van der Waals surface area contributed by atoms with Gasteiger partial charge < -0.3 is 5.11 Å². The van der Waals surface area contributed by atoms with Gasteiger partial charge in [-0.25, -0.2) is 4.98 Å². The molecule has 1 aromatic carbocycles. The Morgan fingerprint density at radius 3 is 2.47 bits per heavy atom. The number of aryl methyl sites for hydroxylation is 2. The summed E-state index contributed by atoms with van der Waals surface area (Å²) in [6, 6.07) is 10.4. The van der Waals surface area contributed by atoms with Gasteiger partial charge in [0.2, 0.25) is 0 Å². The van der Waals surface area contributed by atoms with Crippen LogP contribution in [0.1, 0.15) is 40.4 Å². The predicted molar refractivity (Wildman–Crippen MR) is 80.8 cm³/mol. The number of aliphatic hydroxyl groups is 1. The van der Waals surface area contributed by atoms with Gasteiger partial charge in [0, 0.05) is 11.3 Å². The molecule has 0 aliphatic heterocycles. The Morgan fingerprint density at radius 1 is 1.21 bits per heavy atom. The van der Waals surface area contributed by atoms with Crippen molar-refractivity contribution in [2.75, 3.05) is 0 Å². The molecule has 0 spiro atoms. The summed E-state index contributed by atoms with van der Waals surface area (Å²) >= 11 is 1.69. The fraction of sp³-hybridized carbons (Fsp3) is 0.438. The van der Waals surface area contributed by atoms with Crippen LogP contribution in [0.3, 0.4) is 0 Å². The quantitative estimate of drug-likeness (QED) is 0.899. The number of aliphatic hydroxyl groups excluding tert-OH is 1. The maximum absolute atomic E-state index is 10.2. The standard InChI is InChI=1S/C16H21NOS/c1-11(14-7-5-4-6-8-14)9-15(18)10-16-17-12(2)13(3)19-16/h4-8,11,15,18H,9-10H2,1-3H3. The van der Waals surface area contributed by atoms with Crippen molar-refractivity contribution < 1.29 is 5.11 Å². The summed E-state index contributed by atoms with van der Waals surface area (Å²) in [6.45, 7) is 6.26. The summed E-state index contributed by atoms with van der Waals surface area (Å²) in [6.07, 6.45) is 1.12. The highest BCUT2D eigenvalue weighted by molar-refractivity contribution is 7.11. The third kappa shape index (κ3) is 3.88. The SMILES string of the molecule is Cc1nc(CC(O)CC(C)c2ccccc2)sc1C. The number of hydrogen-bond acceptors (Lipinski definition) is 3.